The molecular formula is C21H26N4O4S2. The zero-order valence-electron chi connectivity index (χ0n) is 17.0. The van der Waals surface area contributed by atoms with Crippen molar-refractivity contribution >= 4 is 33.2 Å². The highest BCUT2D eigenvalue weighted by Gasteiger charge is 2.44. The number of hydrogen-bond donors (Lipinski definition) is 3. The van der Waals surface area contributed by atoms with Crippen molar-refractivity contribution in [2.75, 3.05) is 13.1 Å². The lowest BCUT2D eigenvalue weighted by molar-refractivity contribution is -0.129. The third-order valence-electron chi connectivity index (χ3n) is 5.74. The molecule has 2 aromatic rings. The van der Waals surface area contributed by atoms with E-state index >= 15 is 0 Å². The summed E-state index contributed by atoms with van der Waals surface area (Å²) < 4.78 is 28.1. The first kappa shape index (κ1) is 21.9. The first-order valence-electron chi connectivity index (χ1n) is 10.3. The van der Waals surface area contributed by atoms with Crippen molar-refractivity contribution in [2.24, 2.45) is 0 Å². The van der Waals surface area contributed by atoms with Crippen molar-refractivity contribution in [1.82, 2.24) is 20.3 Å². The highest BCUT2D eigenvalue weighted by molar-refractivity contribution is 7.89. The lowest BCUT2D eigenvalue weighted by Crippen LogP contribution is -2.58. The maximum atomic E-state index is 12.7. The van der Waals surface area contributed by atoms with Crippen LogP contribution in [0.25, 0.3) is 0 Å². The summed E-state index contributed by atoms with van der Waals surface area (Å²) in [5.74, 6) is -0.109. The molecule has 0 saturated carbocycles. The maximum absolute atomic E-state index is 12.7. The van der Waals surface area contributed by atoms with Gasteiger partial charge < -0.3 is 10.6 Å². The van der Waals surface area contributed by atoms with E-state index in [4.69, 9.17) is 0 Å². The number of thiophene rings is 1. The summed E-state index contributed by atoms with van der Waals surface area (Å²) in [5.41, 5.74) is 0. The van der Waals surface area contributed by atoms with Crippen LogP contribution in [-0.2, 0) is 26.2 Å². The minimum atomic E-state index is -3.65. The Morgan fingerprint density at radius 1 is 1.19 bits per heavy atom. The Kier molecular flexibility index (Phi) is 6.71. The lowest BCUT2D eigenvalue weighted by atomic mass is 10.0. The molecule has 0 radical (unpaired) electrons. The van der Waals surface area contributed by atoms with E-state index in [-0.39, 0.29) is 34.8 Å². The molecule has 0 aliphatic carbocycles. The molecule has 1 aromatic carbocycles. The molecule has 10 heteroatoms. The summed E-state index contributed by atoms with van der Waals surface area (Å²) in [5, 5.41) is 7.81. The van der Waals surface area contributed by atoms with E-state index in [1.807, 2.05) is 22.4 Å². The second kappa shape index (κ2) is 9.47. The molecule has 2 aliphatic heterocycles. The average molecular weight is 463 g/mol. The van der Waals surface area contributed by atoms with Gasteiger partial charge in [0, 0.05) is 36.5 Å². The predicted molar refractivity (Wildman–Crippen MR) is 118 cm³/mol. The standard InChI is InChI=1S/C21H26N4O4S2/c26-20(22-13-17-5-4-10-30-17)9-8-16-12-23-21(27)19-11-15(14-25(16)19)24-31(28,29)18-6-2-1-3-7-18/h1-7,10,15-16,19,24H,8-9,11-14H2,(H,22,26)(H,23,27)/t15-,16-,19+/m1/s1. The minimum absolute atomic E-state index is 0.00131. The SMILES string of the molecule is O=C(CC[C@@H]1CNC(=O)[C@@H]2C[C@@H](NS(=O)(=O)c3ccccc3)CN12)NCc1cccs1. The molecule has 2 aliphatic rings. The molecule has 1 aromatic heterocycles. The van der Waals surface area contributed by atoms with Crippen LogP contribution in [0.5, 0.6) is 0 Å². The van der Waals surface area contributed by atoms with Crippen LogP contribution in [-0.4, -0.2) is 56.3 Å². The smallest absolute Gasteiger partial charge is 0.240 e. The molecule has 2 saturated heterocycles. The van der Waals surface area contributed by atoms with Crippen LogP contribution in [0.2, 0.25) is 0 Å². The van der Waals surface area contributed by atoms with E-state index < -0.39 is 10.0 Å². The van der Waals surface area contributed by atoms with Gasteiger partial charge in [-0.25, -0.2) is 13.1 Å². The van der Waals surface area contributed by atoms with Gasteiger partial charge in [0.15, 0.2) is 0 Å². The average Bonchev–Trinajstić information content (AvgIpc) is 3.42. The number of rotatable bonds is 8. The molecule has 4 rings (SSSR count). The molecule has 3 N–H and O–H groups in total. The number of amides is 2. The second-order valence-corrected chi connectivity index (χ2v) is 10.6. The van der Waals surface area contributed by atoms with Gasteiger partial charge in [-0.05, 0) is 36.4 Å². The number of piperazine rings is 1. The summed E-state index contributed by atoms with van der Waals surface area (Å²) in [4.78, 5) is 28.0. The number of nitrogens with zero attached hydrogens (tertiary/aromatic N) is 1. The monoisotopic (exact) mass is 462 g/mol. The zero-order valence-corrected chi connectivity index (χ0v) is 18.6. The molecule has 8 nitrogen and oxygen atoms in total. The molecule has 3 atom stereocenters. The Labute approximate surface area is 186 Å². The number of benzene rings is 1. The van der Waals surface area contributed by atoms with E-state index in [0.717, 1.165) is 4.88 Å². The van der Waals surface area contributed by atoms with Gasteiger partial charge in [-0.2, -0.15) is 0 Å². The third-order valence-corrected chi connectivity index (χ3v) is 8.16. The molecule has 0 spiro atoms. The zero-order chi connectivity index (χ0) is 21.8. The molecule has 0 unspecified atom stereocenters. The van der Waals surface area contributed by atoms with Crippen LogP contribution < -0.4 is 15.4 Å². The fraction of sp³-hybridized carbons (Fsp3) is 0.429. The van der Waals surface area contributed by atoms with Crippen molar-refractivity contribution in [1.29, 1.82) is 0 Å². The van der Waals surface area contributed by atoms with Gasteiger partial charge in [0.2, 0.25) is 21.8 Å². The minimum Gasteiger partial charge on any atom is -0.353 e. The van der Waals surface area contributed by atoms with Crippen molar-refractivity contribution in [2.45, 2.75) is 48.8 Å². The van der Waals surface area contributed by atoms with E-state index in [1.165, 1.54) is 0 Å². The van der Waals surface area contributed by atoms with Crippen molar-refractivity contribution in [3.63, 3.8) is 0 Å². The van der Waals surface area contributed by atoms with Crippen LogP contribution in [0.4, 0.5) is 0 Å². The Hall–Kier alpha value is -2.27. The number of sulfonamides is 1. The second-order valence-electron chi connectivity index (χ2n) is 7.87. The number of carbonyl (C=O) groups is 2. The first-order valence-corrected chi connectivity index (χ1v) is 12.7. The fourth-order valence-electron chi connectivity index (χ4n) is 4.20. The summed E-state index contributed by atoms with van der Waals surface area (Å²) in [7, 11) is -3.65. The Morgan fingerprint density at radius 2 is 2.00 bits per heavy atom. The fourth-order valence-corrected chi connectivity index (χ4v) is 6.11. The topological polar surface area (TPSA) is 108 Å². The summed E-state index contributed by atoms with van der Waals surface area (Å²) >= 11 is 1.60. The molecule has 0 bridgehead atoms. The van der Waals surface area contributed by atoms with Gasteiger partial charge in [0.25, 0.3) is 0 Å². The highest BCUT2D eigenvalue weighted by atomic mass is 32.2. The van der Waals surface area contributed by atoms with Crippen molar-refractivity contribution in [3.8, 4) is 0 Å². The van der Waals surface area contributed by atoms with Crippen LogP contribution >= 0.6 is 11.3 Å². The Morgan fingerprint density at radius 3 is 2.74 bits per heavy atom. The Balaban J connectivity index is 1.33. The molecule has 2 fully saturated rings. The van der Waals surface area contributed by atoms with Gasteiger partial charge in [0.05, 0.1) is 17.5 Å². The third kappa shape index (κ3) is 5.32. The van der Waals surface area contributed by atoms with Crippen LogP contribution in [0, 0.1) is 0 Å². The largest absolute Gasteiger partial charge is 0.353 e. The number of nitrogens with one attached hydrogen (secondary N) is 3. The number of hydrogen-bond acceptors (Lipinski definition) is 6. The summed E-state index contributed by atoms with van der Waals surface area (Å²) in [6.07, 6.45) is 1.37. The summed E-state index contributed by atoms with van der Waals surface area (Å²) in [6.45, 7) is 1.44. The molecule has 3 heterocycles. The Bertz CT molecular complexity index is 1010. The van der Waals surface area contributed by atoms with Gasteiger partial charge >= 0.3 is 0 Å². The molecule has 31 heavy (non-hydrogen) atoms. The lowest BCUT2D eigenvalue weighted by Gasteiger charge is -2.37. The predicted octanol–water partition coefficient (Wildman–Crippen LogP) is 1.06. The highest BCUT2D eigenvalue weighted by Crippen LogP contribution is 2.27. The van der Waals surface area contributed by atoms with Crippen molar-refractivity contribution in [3.05, 3.63) is 52.7 Å². The molecule has 166 valence electrons. The quantitative estimate of drug-likeness (QED) is 0.544. The van der Waals surface area contributed by atoms with E-state index in [0.29, 0.717) is 38.9 Å². The number of fused-ring (bicyclic) bond motifs is 1. The first-order chi connectivity index (χ1) is 14.9. The van der Waals surface area contributed by atoms with Gasteiger partial charge in [0.1, 0.15) is 0 Å². The van der Waals surface area contributed by atoms with Gasteiger partial charge in [-0.15, -0.1) is 11.3 Å². The van der Waals surface area contributed by atoms with Crippen LogP contribution in [0.1, 0.15) is 24.1 Å². The maximum Gasteiger partial charge on any atom is 0.240 e. The van der Waals surface area contributed by atoms with Crippen LogP contribution in [0.15, 0.2) is 52.7 Å². The van der Waals surface area contributed by atoms with Gasteiger partial charge in [-0.1, -0.05) is 24.3 Å². The molecule has 2 amide bonds. The number of carbonyl (C=O) groups excluding carboxylic acids is 2. The van der Waals surface area contributed by atoms with Gasteiger partial charge in [-0.3, -0.25) is 14.5 Å². The van der Waals surface area contributed by atoms with Crippen LogP contribution in [0.3, 0.4) is 0 Å². The molecular weight excluding hydrogens is 436 g/mol. The van der Waals surface area contributed by atoms with E-state index in [1.54, 1.807) is 41.7 Å². The van der Waals surface area contributed by atoms with Crippen molar-refractivity contribution < 1.29 is 18.0 Å². The summed E-state index contributed by atoms with van der Waals surface area (Å²) in [6, 6.07) is 11.4. The van der Waals surface area contributed by atoms with E-state index in [2.05, 4.69) is 15.4 Å². The van der Waals surface area contributed by atoms with E-state index in [9.17, 15) is 18.0 Å². The normalized spacial score (nSPS) is 23.9.